The van der Waals surface area contributed by atoms with Crippen LogP contribution >= 0.6 is 0 Å². The van der Waals surface area contributed by atoms with E-state index in [2.05, 4.69) is 57.0 Å². The fourth-order valence-electron chi connectivity index (χ4n) is 2.88. The number of H-pyrrole nitrogens is 1. The first-order valence-corrected chi connectivity index (χ1v) is 7.27. The Morgan fingerprint density at radius 1 is 1.25 bits per heavy atom. The van der Waals surface area contributed by atoms with Gasteiger partial charge in [-0.3, -0.25) is 4.90 Å². The van der Waals surface area contributed by atoms with Crippen molar-refractivity contribution in [2.45, 2.75) is 26.4 Å². The maximum Gasteiger partial charge on any atom is 0.203 e. The third kappa shape index (κ3) is 2.85. The molecule has 2 aromatic rings. The van der Waals surface area contributed by atoms with Gasteiger partial charge in [-0.25, -0.2) is 4.98 Å². The van der Waals surface area contributed by atoms with Gasteiger partial charge in [0.05, 0.1) is 0 Å². The lowest BCUT2D eigenvalue weighted by Crippen LogP contribution is -2.52. The van der Waals surface area contributed by atoms with E-state index in [-0.39, 0.29) is 0 Å². The van der Waals surface area contributed by atoms with Gasteiger partial charge in [-0.05, 0) is 19.4 Å². The third-order valence-corrected chi connectivity index (χ3v) is 3.92. The fourth-order valence-corrected chi connectivity index (χ4v) is 2.88. The lowest BCUT2D eigenvalue weighted by atomic mass is 10.1. The summed E-state index contributed by atoms with van der Waals surface area (Å²) >= 11 is 0. The molecule has 1 aromatic heterocycles. The van der Waals surface area contributed by atoms with Gasteiger partial charge >= 0.3 is 0 Å². The summed E-state index contributed by atoms with van der Waals surface area (Å²) in [6, 6.07) is 11.2. The highest BCUT2D eigenvalue weighted by Gasteiger charge is 2.25. The van der Waals surface area contributed by atoms with Crippen LogP contribution in [0.5, 0.6) is 0 Å². The van der Waals surface area contributed by atoms with E-state index in [0.717, 1.165) is 37.8 Å². The van der Waals surface area contributed by atoms with E-state index in [1.807, 2.05) is 13.1 Å². The van der Waals surface area contributed by atoms with E-state index in [1.165, 1.54) is 5.56 Å². The van der Waals surface area contributed by atoms with Crippen LogP contribution in [0, 0.1) is 6.92 Å². The van der Waals surface area contributed by atoms with Gasteiger partial charge in [0.25, 0.3) is 0 Å². The Balaban J connectivity index is 1.62. The van der Waals surface area contributed by atoms with Gasteiger partial charge in [-0.15, -0.1) is 0 Å². The van der Waals surface area contributed by atoms with Crippen molar-refractivity contribution in [3.05, 3.63) is 47.8 Å². The van der Waals surface area contributed by atoms with Gasteiger partial charge in [-0.2, -0.15) is 0 Å². The predicted octanol–water partition coefficient (Wildman–Crippen LogP) is 2.43. The number of piperazine rings is 1. The Bertz CT molecular complexity index is 549. The molecule has 0 amide bonds. The number of rotatable bonds is 3. The van der Waals surface area contributed by atoms with Crippen LogP contribution in [-0.4, -0.2) is 40.5 Å². The maximum atomic E-state index is 4.45. The third-order valence-electron chi connectivity index (χ3n) is 3.92. The number of aryl methyl sites for hydroxylation is 1. The van der Waals surface area contributed by atoms with Crippen LogP contribution in [0.4, 0.5) is 5.95 Å². The van der Waals surface area contributed by atoms with Crippen molar-refractivity contribution in [1.82, 2.24) is 14.9 Å². The summed E-state index contributed by atoms with van der Waals surface area (Å²) in [5, 5.41) is 0. The zero-order valence-electron chi connectivity index (χ0n) is 12.2. The van der Waals surface area contributed by atoms with Crippen molar-refractivity contribution >= 4 is 5.95 Å². The van der Waals surface area contributed by atoms with Crippen LogP contribution in [0.2, 0.25) is 0 Å². The number of benzene rings is 1. The summed E-state index contributed by atoms with van der Waals surface area (Å²) < 4.78 is 0. The number of anilines is 1. The van der Waals surface area contributed by atoms with E-state index in [4.69, 9.17) is 0 Å². The number of hydrogen-bond acceptors (Lipinski definition) is 3. The Morgan fingerprint density at radius 2 is 2.05 bits per heavy atom. The van der Waals surface area contributed by atoms with Gasteiger partial charge in [-0.1, -0.05) is 30.3 Å². The van der Waals surface area contributed by atoms with Crippen LogP contribution < -0.4 is 4.90 Å². The van der Waals surface area contributed by atoms with Crippen molar-refractivity contribution in [2.24, 2.45) is 0 Å². The van der Waals surface area contributed by atoms with Gasteiger partial charge < -0.3 is 9.88 Å². The smallest absolute Gasteiger partial charge is 0.203 e. The first-order valence-electron chi connectivity index (χ1n) is 7.27. The lowest BCUT2D eigenvalue weighted by molar-refractivity contribution is 0.220. The number of nitrogens with one attached hydrogen (secondary N) is 1. The summed E-state index contributed by atoms with van der Waals surface area (Å²) in [4.78, 5) is 12.7. The molecule has 1 atom stereocenters. The molecule has 4 heteroatoms. The molecule has 1 saturated heterocycles. The zero-order chi connectivity index (χ0) is 13.9. The molecule has 4 nitrogen and oxygen atoms in total. The molecule has 0 radical (unpaired) electrons. The van der Waals surface area contributed by atoms with E-state index in [1.54, 1.807) is 0 Å². The second-order valence-electron chi connectivity index (χ2n) is 5.65. The zero-order valence-corrected chi connectivity index (χ0v) is 12.2. The topological polar surface area (TPSA) is 35.2 Å². The van der Waals surface area contributed by atoms with E-state index >= 15 is 0 Å². The van der Waals surface area contributed by atoms with Crippen LogP contribution in [-0.2, 0) is 6.54 Å². The summed E-state index contributed by atoms with van der Waals surface area (Å²) in [6.07, 6.45) is 1.90. The van der Waals surface area contributed by atoms with Crippen molar-refractivity contribution in [2.75, 3.05) is 24.5 Å². The Labute approximate surface area is 120 Å². The quantitative estimate of drug-likeness (QED) is 0.930. The van der Waals surface area contributed by atoms with E-state index in [9.17, 15) is 0 Å². The van der Waals surface area contributed by atoms with Gasteiger partial charge in [0.2, 0.25) is 5.95 Å². The predicted molar refractivity (Wildman–Crippen MR) is 81.9 cm³/mol. The summed E-state index contributed by atoms with van der Waals surface area (Å²) in [5.74, 6) is 1.01. The normalized spacial score (nSPS) is 20.3. The van der Waals surface area contributed by atoms with Gasteiger partial charge in [0.15, 0.2) is 0 Å². The number of aromatic nitrogens is 2. The standard InChI is InChI=1S/C16H22N4/c1-13-10-17-16(18-13)20-9-8-19(11-14(20)2)12-15-6-4-3-5-7-15/h3-7,10,14H,8-9,11-12H2,1-2H3,(H,17,18). The van der Waals surface area contributed by atoms with Crippen LogP contribution in [0.25, 0.3) is 0 Å². The Morgan fingerprint density at radius 3 is 2.70 bits per heavy atom. The molecule has 20 heavy (non-hydrogen) atoms. The minimum absolute atomic E-state index is 0.484. The molecule has 1 aromatic carbocycles. The Kier molecular flexibility index (Phi) is 3.74. The maximum absolute atomic E-state index is 4.45. The first-order chi connectivity index (χ1) is 9.72. The van der Waals surface area contributed by atoms with Crippen molar-refractivity contribution < 1.29 is 0 Å². The van der Waals surface area contributed by atoms with Crippen molar-refractivity contribution in [1.29, 1.82) is 0 Å². The second kappa shape index (κ2) is 5.67. The molecular formula is C16H22N4. The molecule has 2 heterocycles. The molecule has 1 fully saturated rings. The number of imidazole rings is 1. The first kappa shape index (κ1) is 13.2. The van der Waals surface area contributed by atoms with Crippen molar-refractivity contribution in [3.63, 3.8) is 0 Å². The fraction of sp³-hybridized carbons (Fsp3) is 0.438. The van der Waals surface area contributed by atoms with Crippen LogP contribution in [0.3, 0.4) is 0 Å². The van der Waals surface area contributed by atoms with E-state index < -0.39 is 0 Å². The number of hydrogen-bond donors (Lipinski definition) is 1. The number of aromatic amines is 1. The lowest BCUT2D eigenvalue weighted by Gasteiger charge is -2.39. The minimum atomic E-state index is 0.484. The monoisotopic (exact) mass is 270 g/mol. The average molecular weight is 270 g/mol. The molecule has 0 saturated carbocycles. The minimum Gasteiger partial charge on any atom is -0.337 e. The second-order valence-corrected chi connectivity index (χ2v) is 5.65. The highest BCUT2D eigenvalue weighted by molar-refractivity contribution is 5.33. The summed E-state index contributed by atoms with van der Waals surface area (Å²) in [6.45, 7) is 8.55. The van der Waals surface area contributed by atoms with Crippen LogP contribution in [0.15, 0.2) is 36.5 Å². The average Bonchev–Trinajstić information content (AvgIpc) is 2.86. The summed E-state index contributed by atoms with van der Waals surface area (Å²) in [7, 11) is 0. The van der Waals surface area contributed by atoms with Gasteiger partial charge in [0.1, 0.15) is 0 Å². The molecule has 0 aliphatic carbocycles. The molecule has 0 spiro atoms. The van der Waals surface area contributed by atoms with Crippen molar-refractivity contribution in [3.8, 4) is 0 Å². The molecule has 1 aliphatic rings. The largest absolute Gasteiger partial charge is 0.337 e. The molecule has 106 valence electrons. The molecule has 1 unspecified atom stereocenters. The molecular weight excluding hydrogens is 248 g/mol. The van der Waals surface area contributed by atoms with Crippen LogP contribution in [0.1, 0.15) is 18.2 Å². The van der Waals surface area contributed by atoms with Gasteiger partial charge in [0, 0.05) is 44.1 Å². The summed E-state index contributed by atoms with van der Waals surface area (Å²) in [5.41, 5.74) is 2.51. The SMILES string of the molecule is Cc1cnc(N2CCN(Cc3ccccc3)CC2C)[nH]1. The Hall–Kier alpha value is -1.81. The highest BCUT2D eigenvalue weighted by atomic mass is 15.3. The number of nitrogens with zero attached hydrogens (tertiary/aromatic N) is 3. The molecule has 3 rings (SSSR count). The van der Waals surface area contributed by atoms with E-state index in [0.29, 0.717) is 6.04 Å². The molecule has 1 N–H and O–H groups in total. The molecule has 0 bridgehead atoms. The highest BCUT2D eigenvalue weighted by Crippen LogP contribution is 2.18. The molecule has 1 aliphatic heterocycles.